The van der Waals surface area contributed by atoms with E-state index in [0.717, 1.165) is 11.1 Å². The van der Waals surface area contributed by atoms with E-state index in [1.165, 1.54) is 6.07 Å². The summed E-state index contributed by atoms with van der Waals surface area (Å²) in [6.45, 7) is 2.19. The van der Waals surface area contributed by atoms with Crippen molar-refractivity contribution in [2.24, 2.45) is 0 Å². The molecule has 4 heteroatoms. The van der Waals surface area contributed by atoms with Crippen LogP contribution in [0.2, 0.25) is 0 Å². The molecule has 1 atom stereocenters. The second kappa shape index (κ2) is 6.87. The molecule has 0 saturated heterocycles. The molecule has 21 heavy (non-hydrogen) atoms. The van der Waals surface area contributed by atoms with E-state index in [2.05, 4.69) is 11.4 Å². The summed E-state index contributed by atoms with van der Waals surface area (Å²) in [7, 11) is 1.83. The summed E-state index contributed by atoms with van der Waals surface area (Å²) >= 11 is 0. The van der Waals surface area contributed by atoms with E-state index in [0.29, 0.717) is 5.56 Å². The number of hydrogen-bond donors (Lipinski definition) is 1. The Balaban J connectivity index is 2.08. The molecule has 3 nitrogen and oxygen atoms in total. The molecule has 0 aromatic heterocycles. The van der Waals surface area contributed by atoms with Crippen molar-refractivity contribution in [1.82, 2.24) is 5.32 Å². The van der Waals surface area contributed by atoms with Crippen molar-refractivity contribution in [3.8, 4) is 11.8 Å². The SMILES string of the molecule is CNC(C)c1ccc(OCc2cccc(C#N)c2)c(F)c1. The van der Waals surface area contributed by atoms with Crippen molar-refractivity contribution in [1.29, 1.82) is 5.26 Å². The fourth-order valence-electron chi connectivity index (χ4n) is 1.96. The molecule has 0 heterocycles. The van der Waals surface area contributed by atoms with E-state index in [-0.39, 0.29) is 24.2 Å². The predicted octanol–water partition coefficient (Wildman–Crippen LogP) is 3.56. The molecule has 2 aromatic rings. The lowest BCUT2D eigenvalue weighted by molar-refractivity contribution is 0.290. The maximum absolute atomic E-state index is 14.0. The summed E-state index contributed by atoms with van der Waals surface area (Å²) < 4.78 is 19.5. The lowest BCUT2D eigenvalue weighted by atomic mass is 10.1. The van der Waals surface area contributed by atoms with E-state index in [1.54, 1.807) is 24.3 Å². The van der Waals surface area contributed by atoms with Crippen LogP contribution in [0.5, 0.6) is 5.75 Å². The second-order valence-corrected chi connectivity index (χ2v) is 4.80. The molecule has 0 fully saturated rings. The zero-order valence-electron chi connectivity index (χ0n) is 12.1. The number of ether oxygens (including phenoxy) is 1. The fourth-order valence-corrected chi connectivity index (χ4v) is 1.96. The number of rotatable bonds is 5. The second-order valence-electron chi connectivity index (χ2n) is 4.80. The van der Waals surface area contributed by atoms with Crippen LogP contribution in [0.25, 0.3) is 0 Å². The maximum Gasteiger partial charge on any atom is 0.165 e. The molecule has 0 bridgehead atoms. The summed E-state index contributed by atoms with van der Waals surface area (Å²) in [5, 5.41) is 11.9. The van der Waals surface area contributed by atoms with Gasteiger partial charge >= 0.3 is 0 Å². The molecule has 0 amide bonds. The molecular weight excluding hydrogens is 267 g/mol. The van der Waals surface area contributed by atoms with Gasteiger partial charge in [0, 0.05) is 6.04 Å². The Morgan fingerprint density at radius 1 is 1.29 bits per heavy atom. The molecular formula is C17H17FN2O. The van der Waals surface area contributed by atoms with Gasteiger partial charge in [0.25, 0.3) is 0 Å². The molecule has 0 spiro atoms. The van der Waals surface area contributed by atoms with Crippen LogP contribution >= 0.6 is 0 Å². The highest BCUT2D eigenvalue weighted by Crippen LogP contribution is 2.22. The monoisotopic (exact) mass is 284 g/mol. The first kappa shape index (κ1) is 15.0. The van der Waals surface area contributed by atoms with E-state index >= 15 is 0 Å². The topological polar surface area (TPSA) is 45.0 Å². The molecule has 0 radical (unpaired) electrons. The zero-order valence-corrected chi connectivity index (χ0v) is 12.1. The zero-order chi connectivity index (χ0) is 15.2. The summed E-state index contributed by atoms with van der Waals surface area (Å²) in [6, 6.07) is 14.2. The van der Waals surface area contributed by atoms with Crippen molar-refractivity contribution >= 4 is 0 Å². The molecule has 0 aliphatic heterocycles. The molecule has 2 rings (SSSR count). The van der Waals surface area contributed by atoms with Crippen LogP contribution < -0.4 is 10.1 Å². The van der Waals surface area contributed by atoms with Crippen molar-refractivity contribution in [2.45, 2.75) is 19.6 Å². The standard InChI is InChI=1S/C17H17FN2O/c1-12(20-2)15-6-7-17(16(18)9-15)21-11-14-5-3-4-13(8-14)10-19/h3-9,12,20H,11H2,1-2H3. The number of halogens is 1. The van der Waals surface area contributed by atoms with Gasteiger partial charge < -0.3 is 10.1 Å². The highest BCUT2D eigenvalue weighted by Gasteiger charge is 2.09. The Bertz CT molecular complexity index is 664. The van der Waals surface area contributed by atoms with Crippen LogP contribution in [0.1, 0.15) is 29.7 Å². The van der Waals surface area contributed by atoms with Gasteiger partial charge in [0.2, 0.25) is 0 Å². The van der Waals surface area contributed by atoms with Gasteiger partial charge in [-0.3, -0.25) is 0 Å². The number of nitriles is 1. The quantitative estimate of drug-likeness (QED) is 0.913. The van der Waals surface area contributed by atoms with Gasteiger partial charge in [0.1, 0.15) is 6.61 Å². The fraction of sp³-hybridized carbons (Fsp3) is 0.235. The highest BCUT2D eigenvalue weighted by atomic mass is 19.1. The number of hydrogen-bond acceptors (Lipinski definition) is 3. The smallest absolute Gasteiger partial charge is 0.165 e. The van der Waals surface area contributed by atoms with Gasteiger partial charge in [0.05, 0.1) is 11.6 Å². The predicted molar refractivity (Wildman–Crippen MR) is 79.4 cm³/mol. The molecule has 1 unspecified atom stereocenters. The van der Waals surface area contributed by atoms with Gasteiger partial charge in [-0.15, -0.1) is 0 Å². The van der Waals surface area contributed by atoms with Gasteiger partial charge in [-0.2, -0.15) is 5.26 Å². The minimum Gasteiger partial charge on any atom is -0.486 e. The van der Waals surface area contributed by atoms with Crippen LogP contribution in [0.15, 0.2) is 42.5 Å². The highest BCUT2D eigenvalue weighted by molar-refractivity contribution is 5.34. The average Bonchev–Trinajstić information content (AvgIpc) is 2.53. The first-order valence-electron chi connectivity index (χ1n) is 6.72. The van der Waals surface area contributed by atoms with E-state index in [9.17, 15) is 4.39 Å². The maximum atomic E-state index is 14.0. The van der Waals surface area contributed by atoms with Crippen molar-refractivity contribution in [3.63, 3.8) is 0 Å². The summed E-state index contributed by atoms with van der Waals surface area (Å²) in [5.74, 6) is -0.171. The third-order valence-corrected chi connectivity index (χ3v) is 3.34. The summed E-state index contributed by atoms with van der Waals surface area (Å²) in [4.78, 5) is 0. The van der Waals surface area contributed by atoms with Gasteiger partial charge in [-0.05, 0) is 49.4 Å². The number of benzene rings is 2. The minimum absolute atomic E-state index is 0.0841. The first-order valence-corrected chi connectivity index (χ1v) is 6.72. The number of nitrogens with one attached hydrogen (secondary N) is 1. The lowest BCUT2D eigenvalue weighted by Gasteiger charge is -2.13. The number of nitrogens with zero attached hydrogens (tertiary/aromatic N) is 1. The summed E-state index contributed by atoms with van der Waals surface area (Å²) in [5.41, 5.74) is 2.27. The Morgan fingerprint density at radius 3 is 2.76 bits per heavy atom. The van der Waals surface area contributed by atoms with Crippen LogP contribution in [-0.2, 0) is 6.61 Å². The van der Waals surface area contributed by atoms with Crippen molar-refractivity contribution < 1.29 is 9.13 Å². The van der Waals surface area contributed by atoms with Crippen LogP contribution in [0.3, 0.4) is 0 Å². The Labute approximate surface area is 124 Å². The van der Waals surface area contributed by atoms with Gasteiger partial charge in [-0.25, -0.2) is 4.39 Å². The Hall–Kier alpha value is -2.38. The lowest BCUT2D eigenvalue weighted by Crippen LogP contribution is -2.12. The Kier molecular flexibility index (Phi) is 4.91. The molecule has 0 saturated carbocycles. The van der Waals surface area contributed by atoms with Crippen LogP contribution in [0, 0.1) is 17.1 Å². The van der Waals surface area contributed by atoms with Crippen molar-refractivity contribution in [3.05, 3.63) is 65.0 Å². The molecule has 0 aliphatic carbocycles. The molecule has 2 aromatic carbocycles. The minimum atomic E-state index is -0.383. The third-order valence-electron chi connectivity index (χ3n) is 3.34. The van der Waals surface area contributed by atoms with Gasteiger partial charge in [-0.1, -0.05) is 18.2 Å². The molecule has 0 aliphatic rings. The Morgan fingerprint density at radius 2 is 2.10 bits per heavy atom. The van der Waals surface area contributed by atoms with Gasteiger partial charge in [0.15, 0.2) is 11.6 Å². The van der Waals surface area contributed by atoms with Crippen LogP contribution in [-0.4, -0.2) is 7.05 Å². The average molecular weight is 284 g/mol. The van der Waals surface area contributed by atoms with E-state index < -0.39 is 0 Å². The molecule has 108 valence electrons. The molecule has 1 N–H and O–H groups in total. The van der Waals surface area contributed by atoms with Crippen molar-refractivity contribution in [2.75, 3.05) is 7.05 Å². The largest absolute Gasteiger partial charge is 0.486 e. The van der Waals surface area contributed by atoms with E-state index in [1.807, 2.05) is 26.1 Å². The van der Waals surface area contributed by atoms with E-state index in [4.69, 9.17) is 10.00 Å². The first-order chi connectivity index (χ1) is 10.1. The third kappa shape index (κ3) is 3.80. The summed E-state index contributed by atoms with van der Waals surface area (Å²) in [6.07, 6.45) is 0. The van der Waals surface area contributed by atoms with Crippen LogP contribution in [0.4, 0.5) is 4.39 Å². The normalized spacial score (nSPS) is 11.7.